The summed E-state index contributed by atoms with van der Waals surface area (Å²) in [6.07, 6.45) is 8.10. The zero-order valence-electron chi connectivity index (χ0n) is 17.1. The van der Waals surface area contributed by atoms with Crippen LogP contribution in [0.25, 0.3) is 0 Å². The molecule has 1 atom stereocenters. The molecule has 3 aromatic rings. The third-order valence-electron chi connectivity index (χ3n) is 6.20. The van der Waals surface area contributed by atoms with Crippen molar-refractivity contribution in [2.45, 2.75) is 57.8 Å². The fourth-order valence-electron chi connectivity index (χ4n) is 4.56. The number of quaternary nitrogens is 1. The molecule has 158 valence electrons. The van der Waals surface area contributed by atoms with Gasteiger partial charge in [0, 0.05) is 18.3 Å². The van der Waals surface area contributed by atoms with E-state index in [-0.39, 0.29) is 5.82 Å². The largest absolute Gasteiger partial charge is 0.342 e. The minimum Gasteiger partial charge on any atom is -0.342 e. The molecule has 1 unspecified atom stereocenters. The molecule has 1 aromatic heterocycles. The lowest BCUT2D eigenvalue weighted by Gasteiger charge is -2.32. The average molecular weight is 414 g/mol. The smallest absolute Gasteiger partial charge is 0.159 e. The minimum absolute atomic E-state index is 0.231. The van der Waals surface area contributed by atoms with Gasteiger partial charge in [0.25, 0.3) is 0 Å². The van der Waals surface area contributed by atoms with Gasteiger partial charge >= 0.3 is 0 Å². The van der Waals surface area contributed by atoms with E-state index in [4.69, 9.17) is 0 Å². The molecule has 0 aliphatic heterocycles. The van der Waals surface area contributed by atoms with Gasteiger partial charge in [-0.3, -0.25) is 0 Å². The molecule has 0 bridgehead atoms. The van der Waals surface area contributed by atoms with Gasteiger partial charge < -0.3 is 9.47 Å². The lowest BCUT2D eigenvalue weighted by Crippen LogP contribution is -3.13. The summed E-state index contributed by atoms with van der Waals surface area (Å²) in [6, 6.07) is 15.5. The first-order valence-corrected chi connectivity index (χ1v) is 10.8. The van der Waals surface area contributed by atoms with Crippen LogP contribution in [0.3, 0.4) is 0 Å². The van der Waals surface area contributed by atoms with Crippen molar-refractivity contribution in [1.29, 1.82) is 0 Å². The van der Waals surface area contributed by atoms with Crippen molar-refractivity contribution in [2.24, 2.45) is 0 Å². The van der Waals surface area contributed by atoms with E-state index in [0.717, 1.165) is 30.5 Å². The molecule has 1 aliphatic rings. The number of hydrogen-bond acceptors (Lipinski definition) is 0. The van der Waals surface area contributed by atoms with Gasteiger partial charge in [-0.2, -0.15) is 0 Å². The molecular formula is C25H28F3N2+. The number of aromatic nitrogens is 1. The van der Waals surface area contributed by atoms with Crippen LogP contribution in [0.4, 0.5) is 13.2 Å². The van der Waals surface area contributed by atoms with Crippen LogP contribution in [0.15, 0.2) is 60.8 Å². The van der Waals surface area contributed by atoms with Crippen LogP contribution in [0.1, 0.15) is 48.9 Å². The summed E-state index contributed by atoms with van der Waals surface area (Å²) in [5, 5.41) is 0. The SMILES string of the molecule is Fc1ccc(Cn2cccc2C[NH+](Cc2ccc(F)c(F)c2)C2CCCCC2)cc1. The number of nitrogens with zero attached hydrogens (tertiary/aromatic N) is 1. The second-order valence-electron chi connectivity index (χ2n) is 8.35. The number of nitrogens with one attached hydrogen (secondary N) is 1. The number of halogens is 3. The van der Waals surface area contributed by atoms with Crippen LogP contribution >= 0.6 is 0 Å². The quantitative estimate of drug-likeness (QED) is 0.566. The molecule has 1 heterocycles. The normalized spacial score (nSPS) is 16.0. The monoisotopic (exact) mass is 413 g/mol. The van der Waals surface area contributed by atoms with Crippen molar-refractivity contribution < 1.29 is 18.1 Å². The highest BCUT2D eigenvalue weighted by atomic mass is 19.2. The Morgan fingerprint density at radius 2 is 1.53 bits per heavy atom. The van der Waals surface area contributed by atoms with Crippen LogP contribution in [-0.4, -0.2) is 10.6 Å². The molecule has 5 heteroatoms. The fraction of sp³-hybridized carbons (Fsp3) is 0.360. The van der Waals surface area contributed by atoms with Crippen molar-refractivity contribution in [1.82, 2.24) is 4.57 Å². The van der Waals surface area contributed by atoms with Crippen LogP contribution in [0.2, 0.25) is 0 Å². The van der Waals surface area contributed by atoms with E-state index in [1.165, 1.54) is 54.1 Å². The molecule has 1 N–H and O–H groups in total. The van der Waals surface area contributed by atoms with Crippen LogP contribution < -0.4 is 4.90 Å². The van der Waals surface area contributed by atoms with Crippen molar-refractivity contribution in [2.75, 3.05) is 0 Å². The van der Waals surface area contributed by atoms with Gasteiger partial charge in [0.2, 0.25) is 0 Å². The zero-order valence-corrected chi connectivity index (χ0v) is 17.1. The number of rotatable bonds is 7. The van der Waals surface area contributed by atoms with Crippen LogP contribution in [0, 0.1) is 17.5 Å². The Morgan fingerprint density at radius 3 is 2.27 bits per heavy atom. The summed E-state index contributed by atoms with van der Waals surface area (Å²) in [6.45, 7) is 2.17. The summed E-state index contributed by atoms with van der Waals surface area (Å²) >= 11 is 0. The maximum Gasteiger partial charge on any atom is 0.159 e. The Hall–Kier alpha value is -2.53. The first-order chi connectivity index (χ1) is 14.6. The molecule has 0 radical (unpaired) electrons. The van der Waals surface area contributed by atoms with Gasteiger partial charge in [0.05, 0.1) is 11.7 Å². The Morgan fingerprint density at radius 1 is 0.800 bits per heavy atom. The minimum atomic E-state index is -0.800. The van der Waals surface area contributed by atoms with Gasteiger partial charge in [-0.25, -0.2) is 13.2 Å². The van der Waals surface area contributed by atoms with E-state index in [1.54, 1.807) is 6.07 Å². The van der Waals surface area contributed by atoms with E-state index in [9.17, 15) is 13.2 Å². The van der Waals surface area contributed by atoms with Crippen molar-refractivity contribution >= 4 is 0 Å². The van der Waals surface area contributed by atoms with Gasteiger partial charge in [-0.05, 0) is 67.6 Å². The Balaban J connectivity index is 1.53. The summed E-state index contributed by atoms with van der Waals surface area (Å²) < 4.78 is 42.6. The average Bonchev–Trinajstić information content (AvgIpc) is 3.19. The number of hydrogen-bond donors (Lipinski definition) is 1. The topological polar surface area (TPSA) is 9.37 Å². The van der Waals surface area contributed by atoms with Crippen molar-refractivity contribution in [3.05, 3.63) is 95.1 Å². The fourth-order valence-corrected chi connectivity index (χ4v) is 4.56. The predicted molar refractivity (Wildman–Crippen MR) is 112 cm³/mol. The molecule has 0 spiro atoms. The summed E-state index contributed by atoms with van der Waals surface area (Å²) in [5.41, 5.74) is 3.07. The summed E-state index contributed by atoms with van der Waals surface area (Å²) in [4.78, 5) is 1.39. The van der Waals surface area contributed by atoms with E-state index in [2.05, 4.69) is 16.8 Å². The van der Waals surface area contributed by atoms with E-state index in [0.29, 0.717) is 19.1 Å². The zero-order chi connectivity index (χ0) is 20.9. The van der Waals surface area contributed by atoms with Crippen molar-refractivity contribution in [3.63, 3.8) is 0 Å². The van der Waals surface area contributed by atoms with Gasteiger partial charge in [-0.15, -0.1) is 0 Å². The molecule has 2 nitrogen and oxygen atoms in total. The van der Waals surface area contributed by atoms with E-state index >= 15 is 0 Å². The lowest BCUT2D eigenvalue weighted by molar-refractivity contribution is -0.953. The summed E-state index contributed by atoms with van der Waals surface area (Å²) in [5.74, 6) is -1.81. The Bertz CT molecular complexity index is 959. The second kappa shape index (κ2) is 9.52. The lowest BCUT2D eigenvalue weighted by atomic mass is 9.93. The third-order valence-corrected chi connectivity index (χ3v) is 6.20. The molecular weight excluding hydrogens is 385 g/mol. The second-order valence-corrected chi connectivity index (χ2v) is 8.35. The molecule has 0 amide bonds. The number of benzene rings is 2. The highest BCUT2D eigenvalue weighted by Crippen LogP contribution is 2.17. The molecule has 2 aromatic carbocycles. The van der Waals surface area contributed by atoms with Gasteiger partial charge in [0.1, 0.15) is 18.9 Å². The third kappa shape index (κ3) is 5.14. The van der Waals surface area contributed by atoms with E-state index in [1.807, 2.05) is 18.2 Å². The van der Waals surface area contributed by atoms with E-state index < -0.39 is 11.6 Å². The predicted octanol–water partition coefficient (Wildman–Crippen LogP) is 4.87. The Kier molecular flexibility index (Phi) is 6.58. The maximum absolute atomic E-state index is 13.8. The first-order valence-electron chi connectivity index (χ1n) is 10.8. The molecule has 1 fully saturated rings. The first kappa shape index (κ1) is 20.7. The molecule has 30 heavy (non-hydrogen) atoms. The van der Waals surface area contributed by atoms with Crippen LogP contribution in [0.5, 0.6) is 0 Å². The highest BCUT2D eigenvalue weighted by Gasteiger charge is 2.26. The molecule has 1 saturated carbocycles. The highest BCUT2D eigenvalue weighted by molar-refractivity contribution is 5.19. The Labute approximate surface area is 175 Å². The van der Waals surface area contributed by atoms with Crippen molar-refractivity contribution in [3.8, 4) is 0 Å². The van der Waals surface area contributed by atoms with Gasteiger partial charge in [0.15, 0.2) is 11.6 Å². The molecule has 0 saturated heterocycles. The maximum atomic E-state index is 13.8. The standard InChI is InChI=1S/C25H27F3N2/c26-21-11-8-19(9-12-21)16-29-14-4-7-23(29)18-30(22-5-2-1-3-6-22)17-20-10-13-24(27)25(28)15-20/h4,7-15,22H,1-3,5-6,16-18H2/p+1. The molecule has 1 aliphatic carbocycles. The van der Waals surface area contributed by atoms with Gasteiger partial charge in [-0.1, -0.05) is 24.6 Å². The summed E-state index contributed by atoms with van der Waals surface area (Å²) in [7, 11) is 0. The molecule has 4 rings (SSSR count). The van der Waals surface area contributed by atoms with Crippen LogP contribution in [-0.2, 0) is 19.6 Å².